The van der Waals surface area contributed by atoms with Crippen molar-refractivity contribution in [3.05, 3.63) is 66.3 Å². The van der Waals surface area contributed by atoms with Crippen LogP contribution in [0.2, 0.25) is 0 Å². The fourth-order valence-electron chi connectivity index (χ4n) is 2.84. The standard InChI is InChI=1S/C18H15N5O3/c24-15-10-12(11-23(15)13-6-2-1-3-7-13)17-21-22-18(26-17)20-16(25)14-8-4-5-9-19-14/h1-9,12H,10-11H2,(H,20,22,25). The molecule has 4 rings (SSSR count). The van der Waals surface area contributed by atoms with Crippen LogP contribution in [0.15, 0.2) is 59.1 Å². The summed E-state index contributed by atoms with van der Waals surface area (Å²) < 4.78 is 5.53. The average Bonchev–Trinajstić information content (AvgIpc) is 3.30. The van der Waals surface area contributed by atoms with Crippen molar-refractivity contribution in [2.75, 3.05) is 16.8 Å². The predicted molar refractivity (Wildman–Crippen MR) is 92.6 cm³/mol. The Balaban J connectivity index is 1.45. The second-order valence-electron chi connectivity index (χ2n) is 5.86. The van der Waals surface area contributed by atoms with Crippen LogP contribution in [0, 0.1) is 0 Å². The molecule has 1 aliphatic rings. The predicted octanol–water partition coefficient (Wildman–Crippen LogP) is 2.24. The maximum Gasteiger partial charge on any atom is 0.322 e. The van der Waals surface area contributed by atoms with Crippen molar-refractivity contribution >= 4 is 23.5 Å². The lowest BCUT2D eigenvalue weighted by atomic mass is 10.1. The number of hydrogen-bond donors (Lipinski definition) is 1. The summed E-state index contributed by atoms with van der Waals surface area (Å²) in [6.45, 7) is 0.457. The van der Waals surface area contributed by atoms with Crippen LogP contribution in [0.1, 0.15) is 28.7 Å². The lowest BCUT2D eigenvalue weighted by Crippen LogP contribution is -2.24. The molecule has 26 heavy (non-hydrogen) atoms. The quantitative estimate of drug-likeness (QED) is 0.775. The third-order valence-corrected chi connectivity index (χ3v) is 4.10. The zero-order valence-electron chi connectivity index (χ0n) is 13.7. The minimum atomic E-state index is -0.436. The van der Waals surface area contributed by atoms with E-state index >= 15 is 0 Å². The highest BCUT2D eigenvalue weighted by Crippen LogP contribution is 2.31. The Morgan fingerprint density at radius 2 is 1.92 bits per heavy atom. The van der Waals surface area contributed by atoms with Crippen LogP contribution in [-0.4, -0.2) is 33.5 Å². The summed E-state index contributed by atoms with van der Waals surface area (Å²) in [5.41, 5.74) is 1.08. The topological polar surface area (TPSA) is 101 Å². The van der Waals surface area contributed by atoms with Crippen LogP contribution < -0.4 is 10.2 Å². The minimum absolute atomic E-state index is 0.00142. The van der Waals surface area contributed by atoms with Crippen molar-refractivity contribution in [3.8, 4) is 0 Å². The first-order valence-corrected chi connectivity index (χ1v) is 8.12. The van der Waals surface area contributed by atoms with Gasteiger partial charge in [-0.05, 0) is 24.3 Å². The van der Waals surface area contributed by atoms with Crippen molar-refractivity contribution in [2.24, 2.45) is 0 Å². The molecule has 0 bridgehead atoms. The number of carbonyl (C=O) groups excluding carboxylic acids is 2. The molecule has 8 nitrogen and oxygen atoms in total. The van der Waals surface area contributed by atoms with Crippen LogP contribution >= 0.6 is 0 Å². The van der Waals surface area contributed by atoms with Gasteiger partial charge in [0.25, 0.3) is 5.91 Å². The molecule has 1 saturated heterocycles. The van der Waals surface area contributed by atoms with E-state index in [1.54, 1.807) is 23.1 Å². The summed E-state index contributed by atoms with van der Waals surface area (Å²) >= 11 is 0. The molecule has 3 heterocycles. The molecule has 130 valence electrons. The molecule has 2 amide bonds. The molecular weight excluding hydrogens is 334 g/mol. The van der Waals surface area contributed by atoms with Crippen LogP contribution in [0.3, 0.4) is 0 Å². The molecule has 0 saturated carbocycles. The van der Waals surface area contributed by atoms with E-state index in [0.29, 0.717) is 12.4 Å². The summed E-state index contributed by atoms with van der Waals surface area (Å²) in [6.07, 6.45) is 1.81. The first-order valence-electron chi connectivity index (χ1n) is 8.12. The van der Waals surface area contributed by atoms with Gasteiger partial charge in [-0.2, -0.15) is 0 Å². The smallest absolute Gasteiger partial charge is 0.322 e. The van der Waals surface area contributed by atoms with E-state index in [4.69, 9.17) is 4.42 Å². The number of nitrogens with zero attached hydrogens (tertiary/aromatic N) is 4. The van der Waals surface area contributed by atoms with E-state index in [2.05, 4.69) is 20.5 Å². The van der Waals surface area contributed by atoms with Gasteiger partial charge in [0.2, 0.25) is 11.8 Å². The number of nitrogens with one attached hydrogen (secondary N) is 1. The Labute approximate surface area is 148 Å². The average molecular weight is 349 g/mol. The molecule has 1 aliphatic heterocycles. The zero-order chi connectivity index (χ0) is 17.9. The molecular formula is C18H15N5O3. The third kappa shape index (κ3) is 3.16. The highest BCUT2D eigenvalue weighted by Gasteiger charge is 2.35. The molecule has 0 spiro atoms. The van der Waals surface area contributed by atoms with Gasteiger partial charge in [0, 0.05) is 24.8 Å². The summed E-state index contributed by atoms with van der Waals surface area (Å²) in [6, 6.07) is 14.4. The molecule has 1 N–H and O–H groups in total. The van der Waals surface area contributed by atoms with Gasteiger partial charge < -0.3 is 9.32 Å². The number of benzene rings is 1. The Kier molecular flexibility index (Phi) is 4.14. The maximum atomic E-state index is 12.3. The van der Waals surface area contributed by atoms with E-state index in [1.165, 1.54) is 6.20 Å². The normalized spacial score (nSPS) is 16.7. The van der Waals surface area contributed by atoms with Gasteiger partial charge in [0.1, 0.15) is 5.69 Å². The Morgan fingerprint density at radius 1 is 1.12 bits per heavy atom. The van der Waals surface area contributed by atoms with Gasteiger partial charge in [0.15, 0.2) is 0 Å². The fraction of sp³-hybridized carbons (Fsp3) is 0.167. The summed E-state index contributed by atoms with van der Waals surface area (Å²) in [5, 5.41) is 10.3. The van der Waals surface area contributed by atoms with Crippen molar-refractivity contribution in [3.63, 3.8) is 0 Å². The van der Waals surface area contributed by atoms with Crippen molar-refractivity contribution in [2.45, 2.75) is 12.3 Å². The number of hydrogen-bond acceptors (Lipinski definition) is 6. The van der Waals surface area contributed by atoms with Crippen LogP contribution in [0.5, 0.6) is 0 Å². The van der Waals surface area contributed by atoms with E-state index in [0.717, 1.165) is 5.69 Å². The van der Waals surface area contributed by atoms with Gasteiger partial charge in [-0.1, -0.05) is 29.4 Å². The third-order valence-electron chi connectivity index (χ3n) is 4.10. The summed E-state index contributed by atoms with van der Waals surface area (Å²) in [5.74, 6) is -0.323. The van der Waals surface area contributed by atoms with Crippen LogP contribution in [-0.2, 0) is 4.79 Å². The van der Waals surface area contributed by atoms with Gasteiger partial charge in [-0.15, -0.1) is 5.10 Å². The van der Waals surface area contributed by atoms with Crippen LogP contribution in [0.4, 0.5) is 11.7 Å². The SMILES string of the molecule is O=C(Nc1nnc(C2CC(=O)N(c3ccccc3)C2)o1)c1ccccn1. The number of carbonyl (C=O) groups is 2. The first kappa shape index (κ1) is 15.9. The molecule has 1 aromatic carbocycles. The first-order chi connectivity index (χ1) is 12.7. The highest BCUT2D eigenvalue weighted by molar-refractivity contribution is 6.01. The summed E-state index contributed by atoms with van der Waals surface area (Å²) in [4.78, 5) is 30.0. The second kappa shape index (κ2) is 6.75. The molecule has 2 aromatic heterocycles. The molecule has 8 heteroatoms. The fourth-order valence-corrected chi connectivity index (χ4v) is 2.84. The van der Waals surface area contributed by atoms with E-state index in [1.807, 2.05) is 30.3 Å². The number of amides is 2. The van der Waals surface area contributed by atoms with E-state index in [-0.39, 0.29) is 30.0 Å². The summed E-state index contributed by atoms with van der Waals surface area (Å²) in [7, 11) is 0. The number of anilines is 2. The molecule has 3 aromatic rings. The number of pyridine rings is 1. The van der Waals surface area contributed by atoms with Gasteiger partial charge in [0.05, 0.1) is 5.92 Å². The highest BCUT2D eigenvalue weighted by atomic mass is 16.4. The van der Waals surface area contributed by atoms with E-state index < -0.39 is 5.91 Å². The van der Waals surface area contributed by atoms with Crippen molar-refractivity contribution < 1.29 is 14.0 Å². The maximum absolute atomic E-state index is 12.3. The zero-order valence-corrected chi connectivity index (χ0v) is 13.7. The number of aromatic nitrogens is 3. The lowest BCUT2D eigenvalue weighted by Gasteiger charge is -2.15. The monoisotopic (exact) mass is 349 g/mol. The van der Waals surface area contributed by atoms with Crippen LogP contribution in [0.25, 0.3) is 0 Å². The Hall–Kier alpha value is -3.55. The molecule has 0 radical (unpaired) electrons. The largest absolute Gasteiger partial charge is 0.407 e. The number of para-hydroxylation sites is 1. The second-order valence-corrected chi connectivity index (χ2v) is 5.86. The lowest BCUT2D eigenvalue weighted by molar-refractivity contribution is -0.117. The Bertz CT molecular complexity index is 926. The van der Waals surface area contributed by atoms with Gasteiger partial charge in [-0.25, -0.2) is 0 Å². The van der Waals surface area contributed by atoms with Gasteiger partial charge >= 0.3 is 6.01 Å². The van der Waals surface area contributed by atoms with Crippen molar-refractivity contribution in [1.82, 2.24) is 15.2 Å². The molecule has 0 aliphatic carbocycles. The van der Waals surface area contributed by atoms with Crippen molar-refractivity contribution in [1.29, 1.82) is 0 Å². The molecule has 1 fully saturated rings. The van der Waals surface area contributed by atoms with Gasteiger partial charge in [-0.3, -0.25) is 19.9 Å². The Morgan fingerprint density at radius 3 is 2.69 bits per heavy atom. The molecule has 1 unspecified atom stereocenters. The number of rotatable bonds is 4. The minimum Gasteiger partial charge on any atom is -0.407 e. The van der Waals surface area contributed by atoms with E-state index in [9.17, 15) is 9.59 Å². The molecule has 1 atom stereocenters.